The normalized spacial score (nSPS) is 11.8. The minimum absolute atomic E-state index is 0.249. The molecule has 178 valence electrons. The first kappa shape index (κ1) is 23.3. The summed E-state index contributed by atoms with van der Waals surface area (Å²) in [6, 6.07) is 8.80. The smallest absolute Gasteiger partial charge is 0.275 e. The highest BCUT2D eigenvalue weighted by atomic mass is 32.1. The van der Waals surface area contributed by atoms with E-state index in [2.05, 4.69) is 20.4 Å². The summed E-state index contributed by atoms with van der Waals surface area (Å²) in [5.41, 5.74) is 3.31. The third kappa shape index (κ3) is 5.29. The van der Waals surface area contributed by atoms with Crippen molar-refractivity contribution in [2.75, 3.05) is 5.32 Å². The number of pyridine rings is 1. The van der Waals surface area contributed by atoms with Crippen LogP contribution in [-0.4, -0.2) is 36.4 Å². The molecule has 0 fully saturated rings. The van der Waals surface area contributed by atoms with Gasteiger partial charge in [-0.25, -0.2) is 9.97 Å². The molecule has 35 heavy (non-hydrogen) atoms. The third-order valence-electron chi connectivity index (χ3n) is 5.43. The number of rotatable bonds is 7. The first-order valence-corrected chi connectivity index (χ1v) is 12.7. The van der Waals surface area contributed by atoms with Gasteiger partial charge in [0.15, 0.2) is 0 Å². The molecule has 0 aliphatic carbocycles. The Hall–Kier alpha value is -3.47. The monoisotopic (exact) mass is 507 g/mol. The molecule has 0 saturated carbocycles. The van der Waals surface area contributed by atoms with Crippen molar-refractivity contribution < 1.29 is 14.3 Å². The molecule has 1 amide bonds. The molecule has 5 rings (SSSR count). The van der Waals surface area contributed by atoms with Crippen LogP contribution in [0.5, 0.6) is 0 Å². The highest BCUT2D eigenvalue weighted by Crippen LogP contribution is 2.34. The summed E-state index contributed by atoms with van der Waals surface area (Å²) in [6.45, 7) is 4.12. The summed E-state index contributed by atoms with van der Waals surface area (Å²) in [4.78, 5) is 21.1. The highest BCUT2D eigenvalue weighted by molar-refractivity contribution is 7.13. The number of fused-ring (bicyclic) bond motifs is 1. The number of hydrogen-bond acceptors (Lipinski definition) is 7. The lowest BCUT2D eigenvalue weighted by Gasteiger charge is -2.16. The molecular weight excluding hydrogens is 485 g/mol. The van der Waals surface area contributed by atoms with Crippen molar-refractivity contribution in [1.82, 2.24) is 19.7 Å². The van der Waals surface area contributed by atoms with E-state index in [1.165, 1.54) is 23.6 Å². The second-order valence-corrected chi connectivity index (χ2v) is 10.4. The van der Waals surface area contributed by atoms with Gasteiger partial charge in [-0.1, -0.05) is 0 Å². The van der Waals surface area contributed by atoms with Crippen LogP contribution in [0.4, 0.5) is 10.1 Å². The maximum atomic E-state index is 13.5. The summed E-state index contributed by atoms with van der Waals surface area (Å²) in [6.07, 6.45) is 3.85. The van der Waals surface area contributed by atoms with Gasteiger partial charge >= 0.3 is 0 Å². The Balaban J connectivity index is 1.45. The first-order chi connectivity index (χ1) is 16.7. The van der Waals surface area contributed by atoms with E-state index in [-0.39, 0.29) is 11.6 Å². The van der Waals surface area contributed by atoms with Gasteiger partial charge in [-0.05, 0) is 60.9 Å². The fourth-order valence-electron chi connectivity index (χ4n) is 3.62. The summed E-state index contributed by atoms with van der Waals surface area (Å²) in [5, 5.41) is 24.8. The van der Waals surface area contributed by atoms with Crippen LogP contribution in [0.1, 0.15) is 30.8 Å². The average Bonchev–Trinajstić information content (AvgIpc) is 3.57. The van der Waals surface area contributed by atoms with Gasteiger partial charge in [0, 0.05) is 52.6 Å². The maximum Gasteiger partial charge on any atom is 0.275 e. The first-order valence-electron chi connectivity index (χ1n) is 10.9. The van der Waals surface area contributed by atoms with Gasteiger partial charge in [0.1, 0.15) is 10.7 Å². The molecule has 10 heteroatoms. The van der Waals surface area contributed by atoms with Crippen LogP contribution < -0.4 is 5.32 Å². The predicted octanol–water partition coefficient (Wildman–Crippen LogP) is 5.84. The molecule has 5 aromatic rings. The SMILES string of the molecule is CC(C)(O)CCn1cc2cc(NC(=O)c3csc(-c4ccnc(F)c4)n3)c(-c3ccsc3)cc2n1. The van der Waals surface area contributed by atoms with Gasteiger partial charge in [0.05, 0.1) is 11.1 Å². The highest BCUT2D eigenvalue weighted by Gasteiger charge is 2.18. The molecule has 0 radical (unpaired) electrons. The van der Waals surface area contributed by atoms with Gasteiger partial charge in [-0.3, -0.25) is 9.48 Å². The fraction of sp³-hybridized carbons (Fsp3) is 0.200. The molecule has 0 spiro atoms. The van der Waals surface area contributed by atoms with Crippen LogP contribution in [0.2, 0.25) is 0 Å². The zero-order valence-electron chi connectivity index (χ0n) is 19.0. The number of anilines is 1. The molecule has 0 saturated heterocycles. The molecule has 1 aromatic carbocycles. The summed E-state index contributed by atoms with van der Waals surface area (Å²) < 4.78 is 15.3. The van der Waals surface area contributed by atoms with Gasteiger partial charge in [-0.15, -0.1) is 11.3 Å². The van der Waals surface area contributed by atoms with Crippen molar-refractivity contribution in [3.8, 4) is 21.7 Å². The quantitative estimate of drug-likeness (QED) is 0.270. The van der Waals surface area contributed by atoms with Crippen LogP contribution in [0.25, 0.3) is 32.6 Å². The number of aryl methyl sites for hydroxylation is 1. The number of nitrogens with one attached hydrogen (secondary N) is 1. The number of nitrogens with zero attached hydrogens (tertiary/aromatic N) is 4. The second-order valence-electron chi connectivity index (χ2n) is 8.78. The van der Waals surface area contributed by atoms with E-state index in [1.54, 1.807) is 36.6 Å². The lowest BCUT2D eigenvalue weighted by atomic mass is 10.0. The predicted molar refractivity (Wildman–Crippen MR) is 137 cm³/mol. The van der Waals surface area contributed by atoms with Crippen LogP contribution in [0.15, 0.2) is 58.9 Å². The standard InChI is InChI=1S/C25H22FN5O2S2/c1-25(2,33)5-7-31-12-17-9-20(18(11-19(17)30-31)16-4-8-34-13-16)28-23(32)21-14-35-24(29-21)15-3-6-27-22(26)10-15/h3-4,6,8-14,33H,5,7H2,1-2H3,(H,28,32). The Morgan fingerprint density at radius 3 is 2.80 bits per heavy atom. The maximum absolute atomic E-state index is 13.5. The molecule has 0 aliphatic heterocycles. The molecule has 0 atom stereocenters. The fourth-order valence-corrected chi connectivity index (χ4v) is 5.07. The number of aliphatic hydroxyl groups is 1. The van der Waals surface area contributed by atoms with Gasteiger partial charge in [0.2, 0.25) is 5.95 Å². The molecule has 0 aliphatic rings. The minimum Gasteiger partial charge on any atom is -0.390 e. The van der Waals surface area contributed by atoms with Crippen LogP contribution >= 0.6 is 22.7 Å². The Morgan fingerprint density at radius 2 is 2.06 bits per heavy atom. The molecule has 0 unspecified atom stereocenters. The number of halogens is 1. The lowest BCUT2D eigenvalue weighted by Crippen LogP contribution is -2.21. The number of carbonyl (C=O) groups excluding carboxylic acids is 1. The number of amides is 1. The molecule has 7 nitrogen and oxygen atoms in total. The number of hydrogen-bond donors (Lipinski definition) is 2. The van der Waals surface area contributed by atoms with E-state index in [9.17, 15) is 14.3 Å². The second kappa shape index (κ2) is 9.29. The van der Waals surface area contributed by atoms with Crippen molar-refractivity contribution >= 4 is 45.2 Å². The van der Waals surface area contributed by atoms with Gasteiger partial charge in [-0.2, -0.15) is 20.8 Å². The Labute approximate surface area is 208 Å². The molecule has 0 bridgehead atoms. The topological polar surface area (TPSA) is 92.9 Å². The lowest BCUT2D eigenvalue weighted by molar-refractivity contribution is 0.0651. The van der Waals surface area contributed by atoms with E-state index in [0.29, 0.717) is 29.2 Å². The number of benzene rings is 1. The van der Waals surface area contributed by atoms with Crippen molar-refractivity contribution in [2.45, 2.75) is 32.4 Å². The van der Waals surface area contributed by atoms with E-state index >= 15 is 0 Å². The molecule has 2 N–H and O–H groups in total. The zero-order valence-corrected chi connectivity index (χ0v) is 20.7. The molecule has 4 heterocycles. The summed E-state index contributed by atoms with van der Waals surface area (Å²) in [5.74, 6) is -0.951. The largest absolute Gasteiger partial charge is 0.390 e. The number of thiazole rings is 1. The van der Waals surface area contributed by atoms with E-state index in [4.69, 9.17) is 0 Å². The van der Waals surface area contributed by atoms with E-state index < -0.39 is 11.5 Å². The van der Waals surface area contributed by atoms with Crippen LogP contribution in [-0.2, 0) is 6.54 Å². The molecular formula is C25H22FN5O2S2. The van der Waals surface area contributed by atoms with E-state index in [1.807, 2.05) is 39.8 Å². The van der Waals surface area contributed by atoms with Crippen molar-refractivity contribution in [3.05, 3.63) is 70.5 Å². The molecule has 4 aromatic heterocycles. The Bertz CT molecular complexity index is 1500. The third-order valence-corrected chi connectivity index (χ3v) is 7.01. The summed E-state index contributed by atoms with van der Waals surface area (Å²) in [7, 11) is 0. The van der Waals surface area contributed by atoms with Gasteiger partial charge < -0.3 is 10.4 Å². The Kier molecular flexibility index (Phi) is 6.18. The minimum atomic E-state index is -0.784. The van der Waals surface area contributed by atoms with Crippen LogP contribution in [0, 0.1) is 5.95 Å². The number of aromatic nitrogens is 4. The number of carbonyl (C=O) groups is 1. The van der Waals surface area contributed by atoms with Crippen LogP contribution in [0.3, 0.4) is 0 Å². The Morgan fingerprint density at radius 1 is 1.20 bits per heavy atom. The zero-order chi connectivity index (χ0) is 24.6. The van der Waals surface area contributed by atoms with Gasteiger partial charge in [0.25, 0.3) is 5.91 Å². The van der Waals surface area contributed by atoms with Crippen molar-refractivity contribution in [1.29, 1.82) is 0 Å². The van der Waals surface area contributed by atoms with E-state index in [0.717, 1.165) is 22.0 Å². The number of thiophene rings is 1. The average molecular weight is 508 g/mol. The summed E-state index contributed by atoms with van der Waals surface area (Å²) >= 11 is 2.84. The van der Waals surface area contributed by atoms with Crippen molar-refractivity contribution in [2.24, 2.45) is 0 Å². The van der Waals surface area contributed by atoms with Crippen molar-refractivity contribution in [3.63, 3.8) is 0 Å².